The van der Waals surface area contributed by atoms with Crippen LogP contribution in [0.3, 0.4) is 0 Å². The normalized spacial score (nSPS) is 19.4. The van der Waals surface area contributed by atoms with Gasteiger partial charge in [0, 0.05) is 6.04 Å². The van der Waals surface area contributed by atoms with E-state index in [1.165, 1.54) is 19.3 Å². The number of nitrogens with zero attached hydrogens (tertiary/aromatic N) is 2. The highest BCUT2D eigenvalue weighted by Crippen LogP contribution is 2.24. The molecule has 0 amide bonds. The molecule has 1 N–H and O–H groups in total. The van der Waals surface area contributed by atoms with Crippen LogP contribution < -0.4 is 5.32 Å². The van der Waals surface area contributed by atoms with Gasteiger partial charge in [0.25, 0.3) is 0 Å². The lowest BCUT2D eigenvalue weighted by Crippen LogP contribution is -2.42. The minimum absolute atomic E-state index is 0.300. The molecule has 0 radical (unpaired) electrons. The van der Waals surface area contributed by atoms with Crippen LogP contribution in [0.25, 0.3) is 0 Å². The summed E-state index contributed by atoms with van der Waals surface area (Å²) in [6.07, 6.45) is 5.78. The molecular formula is C13H25N3. The van der Waals surface area contributed by atoms with Crippen molar-refractivity contribution in [1.29, 1.82) is 5.26 Å². The summed E-state index contributed by atoms with van der Waals surface area (Å²) in [6.45, 7) is 6.46. The highest BCUT2D eigenvalue weighted by molar-refractivity contribution is 5.06. The van der Waals surface area contributed by atoms with Crippen molar-refractivity contribution in [3.63, 3.8) is 0 Å². The van der Waals surface area contributed by atoms with Crippen LogP contribution in [0.4, 0.5) is 0 Å². The van der Waals surface area contributed by atoms with Crippen LogP contribution in [-0.2, 0) is 0 Å². The maximum absolute atomic E-state index is 9.19. The lowest BCUT2D eigenvalue weighted by molar-refractivity contribution is 0.326. The van der Waals surface area contributed by atoms with Crippen molar-refractivity contribution in [2.24, 2.45) is 0 Å². The Labute approximate surface area is 99.8 Å². The lowest BCUT2D eigenvalue weighted by Gasteiger charge is -2.23. The van der Waals surface area contributed by atoms with Gasteiger partial charge in [-0.05, 0) is 59.2 Å². The van der Waals surface area contributed by atoms with E-state index in [0.717, 1.165) is 25.9 Å². The van der Waals surface area contributed by atoms with Crippen LogP contribution in [0.2, 0.25) is 0 Å². The first-order valence-corrected chi connectivity index (χ1v) is 6.47. The molecule has 0 saturated heterocycles. The van der Waals surface area contributed by atoms with Gasteiger partial charge in [-0.2, -0.15) is 5.26 Å². The molecular weight excluding hydrogens is 198 g/mol. The first kappa shape index (κ1) is 13.5. The molecule has 1 fully saturated rings. The quantitative estimate of drug-likeness (QED) is 0.641. The van der Waals surface area contributed by atoms with E-state index in [9.17, 15) is 5.26 Å². The van der Waals surface area contributed by atoms with Crippen molar-refractivity contribution < 1.29 is 0 Å². The van der Waals surface area contributed by atoms with Gasteiger partial charge < -0.3 is 4.90 Å². The van der Waals surface area contributed by atoms with Gasteiger partial charge in [0.1, 0.15) is 5.54 Å². The molecule has 16 heavy (non-hydrogen) atoms. The SMILES string of the molecule is CCN(C)CCCCC(C)(C#N)NC1CC1. The summed E-state index contributed by atoms with van der Waals surface area (Å²) in [5.41, 5.74) is -0.300. The maximum atomic E-state index is 9.19. The number of hydrogen-bond acceptors (Lipinski definition) is 3. The molecule has 1 unspecified atom stereocenters. The molecule has 0 aromatic rings. The molecule has 0 heterocycles. The van der Waals surface area contributed by atoms with Gasteiger partial charge >= 0.3 is 0 Å². The molecule has 1 rings (SSSR count). The maximum Gasteiger partial charge on any atom is 0.104 e. The van der Waals surface area contributed by atoms with Crippen LogP contribution in [0.15, 0.2) is 0 Å². The predicted molar refractivity (Wildman–Crippen MR) is 67.2 cm³/mol. The summed E-state index contributed by atoms with van der Waals surface area (Å²) in [7, 11) is 2.14. The van der Waals surface area contributed by atoms with E-state index < -0.39 is 0 Å². The predicted octanol–water partition coefficient (Wildman–Crippen LogP) is 2.14. The van der Waals surface area contributed by atoms with Crippen LogP contribution in [-0.4, -0.2) is 36.6 Å². The Hall–Kier alpha value is -0.590. The van der Waals surface area contributed by atoms with Crippen molar-refractivity contribution in [2.45, 2.75) is 57.5 Å². The average Bonchev–Trinajstić information content (AvgIpc) is 3.08. The fourth-order valence-electron chi connectivity index (χ4n) is 1.86. The van der Waals surface area contributed by atoms with Gasteiger partial charge in [-0.15, -0.1) is 0 Å². The lowest BCUT2D eigenvalue weighted by atomic mass is 9.96. The Morgan fingerprint density at radius 3 is 2.62 bits per heavy atom. The van der Waals surface area contributed by atoms with E-state index in [1.807, 2.05) is 6.92 Å². The summed E-state index contributed by atoms with van der Waals surface area (Å²) in [5, 5.41) is 12.6. The molecule has 0 aromatic heterocycles. The van der Waals surface area contributed by atoms with E-state index in [2.05, 4.69) is 30.3 Å². The molecule has 0 aliphatic heterocycles. The Balaban J connectivity index is 2.15. The number of hydrogen-bond donors (Lipinski definition) is 1. The summed E-state index contributed by atoms with van der Waals surface area (Å²) in [5.74, 6) is 0. The average molecular weight is 223 g/mol. The van der Waals surface area contributed by atoms with Gasteiger partial charge in [0.05, 0.1) is 6.07 Å². The fraction of sp³-hybridized carbons (Fsp3) is 0.923. The van der Waals surface area contributed by atoms with Gasteiger partial charge in [0.15, 0.2) is 0 Å². The smallest absolute Gasteiger partial charge is 0.104 e. The van der Waals surface area contributed by atoms with Crippen LogP contribution >= 0.6 is 0 Å². The van der Waals surface area contributed by atoms with Crippen molar-refractivity contribution in [2.75, 3.05) is 20.1 Å². The standard InChI is InChI=1S/C13H25N3/c1-4-16(3)10-6-5-9-13(2,11-14)15-12-7-8-12/h12,15H,4-10H2,1-3H3. The molecule has 1 saturated carbocycles. The summed E-state index contributed by atoms with van der Waals surface area (Å²) >= 11 is 0. The van der Waals surface area contributed by atoms with Crippen molar-refractivity contribution >= 4 is 0 Å². The highest BCUT2D eigenvalue weighted by atomic mass is 15.1. The van der Waals surface area contributed by atoms with Crippen molar-refractivity contribution in [3.05, 3.63) is 0 Å². The Kier molecular flexibility index (Phi) is 5.24. The number of rotatable bonds is 8. The second kappa shape index (κ2) is 6.22. The first-order valence-electron chi connectivity index (χ1n) is 6.47. The zero-order valence-corrected chi connectivity index (χ0v) is 10.9. The third-order valence-electron chi connectivity index (χ3n) is 3.35. The molecule has 0 aromatic carbocycles. The summed E-state index contributed by atoms with van der Waals surface area (Å²) in [4.78, 5) is 2.32. The molecule has 92 valence electrons. The van der Waals surface area contributed by atoms with Crippen LogP contribution in [0.5, 0.6) is 0 Å². The van der Waals surface area contributed by atoms with E-state index in [1.54, 1.807) is 0 Å². The van der Waals surface area contributed by atoms with Crippen molar-refractivity contribution in [1.82, 2.24) is 10.2 Å². The van der Waals surface area contributed by atoms with Gasteiger partial charge in [-0.1, -0.05) is 6.92 Å². The molecule has 0 bridgehead atoms. The molecule has 1 atom stereocenters. The minimum atomic E-state index is -0.300. The molecule has 3 nitrogen and oxygen atoms in total. The molecule has 3 heteroatoms. The first-order chi connectivity index (χ1) is 7.59. The largest absolute Gasteiger partial charge is 0.307 e. The Morgan fingerprint density at radius 1 is 1.44 bits per heavy atom. The number of nitrogens with one attached hydrogen (secondary N) is 1. The van der Waals surface area contributed by atoms with E-state index in [4.69, 9.17) is 0 Å². The second-order valence-corrected chi connectivity index (χ2v) is 5.22. The number of nitriles is 1. The third-order valence-corrected chi connectivity index (χ3v) is 3.35. The summed E-state index contributed by atoms with van der Waals surface area (Å²) in [6, 6.07) is 3.04. The van der Waals surface area contributed by atoms with E-state index >= 15 is 0 Å². The third kappa shape index (κ3) is 4.96. The topological polar surface area (TPSA) is 39.1 Å². The molecule has 1 aliphatic rings. The van der Waals surface area contributed by atoms with E-state index in [-0.39, 0.29) is 5.54 Å². The fourth-order valence-corrected chi connectivity index (χ4v) is 1.86. The zero-order chi connectivity index (χ0) is 12.0. The van der Waals surface area contributed by atoms with Crippen LogP contribution in [0.1, 0.15) is 46.0 Å². The highest BCUT2D eigenvalue weighted by Gasteiger charge is 2.31. The van der Waals surface area contributed by atoms with Gasteiger partial charge in [-0.3, -0.25) is 5.32 Å². The summed E-state index contributed by atoms with van der Waals surface area (Å²) < 4.78 is 0. The Bertz CT molecular complexity index is 242. The molecule has 0 spiro atoms. The zero-order valence-electron chi connectivity index (χ0n) is 10.9. The molecule has 1 aliphatic carbocycles. The second-order valence-electron chi connectivity index (χ2n) is 5.22. The van der Waals surface area contributed by atoms with Crippen LogP contribution in [0, 0.1) is 11.3 Å². The minimum Gasteiger partial charge on any atom is -0.307 e. The number of unbranched alkanes of at least 4 members (excludes halogenated alkanes) is 1. The Morgan fingerprint density at radius 2 is 2.12 bits per heavy atom. The van der Waals surface area contributed by atoms with Gasteiger partial charge in [0.2, 0.25) is 0 Å². The van der Waals surface area contributed by atoms with Gasteiger partial charge in [-0.25, -0.2) is 0 Å². The van der Waals surface area contributed by atoms with E-state index in [0.29, 0.717) is 6.04 Å². The monoisotopic (exact) mass is 223 g/mol. The van der Waals surface area contributed by atoms with Crippen molar-refractivity contribution in [3.8, 4) is 6.07 Å².